The lowest BCUT2D eigenvalue weighted by Gasteiger charge is -2.25. The Labute approximate surface area is 118 Å². The monoisotopic (exact) mass is 283 g/mol. The molecule has 0 fully saturated rings. The fourth-order valence-corrected chi connectivity index (χ4v) is 1.99. The molecule has 0 heterocycles. The van der Waals surface area contributed by atoms with Gasteiger partial charge in [0.2, 0.25) is 5.91 Å². The number of para-hydroxylation sites is 1. The van der Waals surface area contributed by atoms with E-state index in [4.69, 9.17) is 10.5 Å². The number of amides is 1. The Balaban J connectivity index is 2.88. The summed E-state index contributed by atoms with van der Waals surface area (Å²) >= 11 is 0. The third kappa shape index (κ3) is 4.79. The van der Waals surface area contributed by atoms with E-state index in [9.17, 15) is 9.18 Å². The fourth-order valence-electron chi connectivity index (χ4n) is 1.99. The maximum atomic E-state index is 14.1. The molecule has 0 saturated carbocycles. The zero-order valence-electron chi connectivity index (χ0n) is 12.0. The van der Waals surface area contributed by atoms with Crippen LogP contribution in [0.15, 0.2) is 18.2 Å². The van der Waals surface area contributed by atoms with Crippen molar-refractivity contribution >= 4 is 11.6 Å². The standard InChI is InChI=1S/C14H22FN3O2/c1-3-18(10-13(16)19)14-11(5-4-6-12(14)15)9-17-7-8-20-2/h4-6,17H,3,7-10H2,1-2H3,(H2,16,19). The molecule has 3 N–H and O–H groups in total. The summed E-state index contributed by atoms with van der Waals surface area (Å²) in [6, 6.07) is 4.88. The second-order valence-corrected chi connectivity index (χ2v) is 4.40. The molecule has 0 spiro atoms. The third-order valence-electron chi connectivity index (χ3n) is 2.91. The largest absolute Gasteiger partial charge is 0.383 e. The second-order valence-electron chi connectivity index (χ2n) is 4.40. The number of halogens is 1. The Kier molecular flexibility index (Phi) is 6.97. The van der Waals surface area contributed by atoms with Crippen molar-refractivity contribution in [2.75, 3.05) is 38.3 Å². The van der Waals surface area contributed by atoms with Gasteiger partial charge in [0.15, 0.2) is 0 Å². The van der Waals surface area contributed by atoms with Gasteiger partial charge < -0.3 is 20.7 Å². The number of nitrogens with zero attached hydrogens (tertiary/aromatic N) is 1. The number of nitrogens with two attached hydrogens (primary N) is 1. The molecule has 1 amide bonds. The normalized spacial score (nSPS) is 10.6. The zero-order chi connectivity index (χ0) is 15.0. The van der Waals surface area contributed by atoms with Crippen LogP contribution < -0.4 is 16.0 Å². The Morgan fingerprint density at radius 2 is 2.25 bits per heavy atom. The first-order valence-electron chi connectivity index (χ1n) is 6.60. The average Bonchev–Trinajstić information content (AvgIpc) is 2.41. The first-order valence-corrected chi connectivity index (χ1v) is 6.60. The molecular formula is C14H22FN3O2. The van der Waals surface area contributed by atoms with Gasteiger partial charge in [-0.3, -0.25) is 4.79 Å². The van der Waals surface area contributed by atoms with Gasteiger partial charge in [0.25, 0.3) is 0 Å². The van der Waals surface area contributed by atoms with Crippen LogP contribution in [0.1, 0.15) is 12.5 Å². The number of carbonyl (C=O) groups excluding carboxylic acids is 1. The van der Waals surface area contributed by atoms with Crippen LogP contribution in [0.2, 0.25) is 0 Å². The van der Waals surface area contributed by atoms with Crippen molar-refractivity contribution in [3.8, 4) is 0 Å². The van der Waals surface area contributed by atoms with Crippen LogP contribution in [0.25, 0.3) is 0 Å². The van der Waals surface area contributed by atoms with Crippen LogP contribution >= 0.6 is 0 Å². The van der Waals surface area contributed by atoms with Gasteiger partial charge in [0.1, 0.15) is 5.82 Å². The first-order chi connectivity index (χ1) is 9.60. The van der Waals surface area contributed by atoms with Crippen LogP contribution in [0.3, 0.4) is 0 Å². The Morgan fingerprint density at radius 3 is 2.85 bits per heavy atom. The molecule has 0 saturated heterocycles. The van der Waals surface area contributed by atoms with E-state index in [1.807, 2.05) is 13.0 Å². The highest BCUT2D eigenvalue weighted by molar-refractivity contribution is 5.80. The van der Waals surface area contributed by atoms with E-state index >= 15 is 0 Å². The van der Waals surface area contributed by atoms with Gasteiger partial charge in [-0.1, -0.05) is 12.1 Å². The molecule has 0 bridgehead atoms. The van der Waals surface area contributed by atoms with Crippen LogP contribution in [0.4, 0.5) is 10.1 Å². The molecule has 0 aliphatic rings. The molecule has 1 rings (SSSR count). The van der Waals surface area contributed by atoms with Crippen LogP contribution in [-0.2, 0) is 16.1 Å². The van der Waals surface area contributed by atoms with Crippen molar-refractivity contribution in [3.05, 3.63) is 29.6 Å². The molecular weight excluding hydrogens is 261 g/mol. The van der Waals surface area contributed by atoms with Gasteiger partial charge >= 0.3 is 0 Å². The lowest BCUT2D eigenvalue weighted by Crippen LogP contribution is -2.35. The average molecular weight is 283 g/mol. The van der Waals surface area contributed by atoms with E-state index in [-0.39, 0.29) is 12.4 Å². The number of carbonyl (C=O) groups is 1. The Morgan fingerprint density at radius 1 is 1.50 bits per heavy atom. The van der Waals surface area contributed by atoms with E-state index in [2.05, 4.69) is 5.32 Å². The number of methoxy groups -OCH3 is 1. The smallest absolute Gasteiger partial charge is 0.236 e. The molecule has 6 heteroatoms. The number of primary amides is 1. The lowest BCUT2D eigenvalue weighted by molar-refractivity contribution is -0.116. The topological polar surface area (TPSA) is 67.6 Å². The van der Waals surface area contributed by atoms with Crippen molar-refractivity contribution in [1.29, 1.82) is 0 Å². The fraction of sp³-hybridized carbons (Fsp3) is 0.500. The summed E-state index contributed by atoms with van der Waals surface area (Å²) in [6.07, 6.45) is 0. The minimum atomic E-state index is -0.478. The van der Waals surface area contributed by atoms with Crippen molar-refractivity contribution in [1.82, 2.24) is 5.32 Å². The SMILES string of the molecule is CCN(CC(N)=O)c1c(F)cccc1CNCCOC. The number of likely N-dealkylation sites (N-methyl/N-ethyl adjacent to an activating group) is 1. The summed E-state index contributed by atoms with van der Waals surface area (Å²) in [7, 11) is 1.63. The van der Waals surface area contributed by atoms with E-state index in [0.29, 0.717) is 31.9 Å². The maximum absolute atomic E-state index is 14.1. The highest BCUT2D eigenvalue weighted by Crippen LogP contribution is 2.24. The summed E-state index contributed by atoms with van der Waals surface area (Å²) in [4.78, 5) is 12.7. The number of nitrogens with one attached hydrogen (secondary N) is 1. The molecule has 0 aliphatic carbocycles. The number of hydrogen-bond donors (Lipinski definition) is 2. The van der Waals surface area contributed by atoms with Crippen LogP contribution in [-0.4, -0.2) is 39.3 Å². The first kappa shape index (κ1) is 16.4. The van der Waals surface area contributed by atoms with Gasteiger partial charge in [-0.25, -0.2) is 4.39 Å². The number of hydrogen-bond acceptors (Lipinski definition) is 4. The van der Waals surface area contributed by atoms with Gasteiger partial charge in [-0.05, 0) is 18.6 Å². The minimum absolute atomic E-state index is 0.00248. The van der Waals surface area contributed by atoms with E-state index in [1.165, 1.54) is 6.07 Å². The Bertz CT molecular complexity index is 440. The predicted octanol–water partition coefficient (Wildman–Crippen LogP) is 0.873. The van der Waals surface area contributed by atoms with Crippen molar-refractivity contribution < 1.29 is 13.9 Å². The summed E-state index contributed by atoms with van der Waals surface area (Å²) in [5.41, 5.74) is 6.44. The summed E-state index contributed by atoms with van der Waals surface area (Å²) in [6.45, 7) is 4.14. The summed E-state index contributed by atoms with van der Waals surface area (Å²) < 4.78 is 19.0. The quantitative estimate of drug-likeness (QED) is 0.660. The molecule has 0 unspecified atom stereocenters. The molecule has 0 aliphatic heterocycles. The van der Waals surface area contributed by atoms with E-state index in [1.54, 1.807) is 18.1 Å². The molecule has 0 atom stereocenters. The van der Waals surface area contributed by atoms with Crippen molar-refractivity contribution in [3.63, 3.8) is 0 Å². The third-order valence-corrected chi connectivity index (χ3v) is 2.91. The number of anilines is 1. The molecule has 1 aromatic carbocycles. The lowest BCUT2D eigenvalue weighted by atomic mass is 10.1. The maximum Gasteiger partial charge on any atom is 0.236 e. The van der Waals surface area contributed by atoms with Gasteiger partial charge in [-0.15, -0.1) is 0 Å². The van der Waals surface area contributed by atoms with E-state index in [0.717, 1.165) is 5.56 Å². The van der Waals surface area contributed by atoms with Crippen LogP contribution in [0.5, 0.6) is 0 Å². The molecule has 0 radical (unpaired) electrons. The van der Waals surface area contributed by atoms with Crippen molar-refractivity contribution in [2.24, 2.45) is 5.73 Å². The van der Waals surface area contributed by atoms with Gasteiger partial charge in [0, 0.05) is 26.7 Å². The summed E-state index contributed by atoms with van der Waals surface area (Å²) in [5.74, 6) is -0.826. The Hall–Kier alpha value is -1.66. The minimum Gasteiger partial charge on any atom is -0.383 e. The van der Waals surface area contributed by atoms with Crippen LogP contribution in [0, 0.1) is 5.82 Å². The van der Waals surface area contributed by atoms with Gasteiger partial charge in [-0.2, -0.15) is 0 Å². The van der Waals surface area contributed by atoms with Crippen molar-refractivity contribution in [2.45, 2.75) is 13.5 Å². The molecule has 112 valence electrons. The van der Waals surface area contributed by atoms with E-state index < -0.39 is 5.91 Å². The molecule has 0 aromatic heterocycles. The highest BCUT2D eigenvalue weighted by atomic mass is 19.1. The number of ether oxygens (including phenoxy) is 1. The zero-order valence-corrected chi connectivity index (χ0v) is 12.0. The molecule has 5 nitrogen and oxygen atoms in total. The molecule has 1 aromatic rings. The predicted molar refractivity (Wildman–Crippen MR) is 77.1 cm³/mol. The number of benzene rings is 1. The molecule has 20 heavy (non-hydrogen) atoms. The second kappa shape index (κ2) is 8.50. The summed E-state index contributed by atoms with van der Waals surface area (Å²) in [5, 5.41) is 3.17. The van der Waals surface area contributed by atoms with Gasteiger partial charge in [0.05, 0.1) is 18.8 Å². The number of rotatable bonds is 9. The highest BCUT2D eigenvalue weighted by Gasteiger charge is 2.16.